The molecule has 0 unspecified atom stereocenters. The molecule has 4 nitrogen and oxygen atoms in total. The Morgan fingerprint density at radius 1 is 1.37 bits per heavy atom. The fourth-order valence-corrected chi connectivity index (χ4v) is 3.08. The monoisotopic (exact) mass is 292 g/mol. The van der Waals surface area contributed by atoms with Crippen LogP contribution < -0.4 is 0 Å². The maximum atomic E-state index is 11.1. The lowest BCUT2D eigenvalue weighted by molar-refractivity contribution is 0.0699. The van der Waals surface area contributed by atoms with E-state index in [4.69, 9.17) is 16.7 Å². The second-order valence-corrected chi connectivity index (χ2v) is 5.86. The van der Waals surface area contributed by atoms with Crippen LogP contribution in [-0.2, 0) is 6.54 Å². The summed E-state index contributed by atoms with van der Waals surface area (Å²) in [4.78, 5) is 16.4. The molecule has 0 bridgehead atoms. The number of thiophene rings is 1. The van der Waals surface area contributed by atoms with Crippen molar-refractivity contribution >= 4 is 39.9 Å². The van der Waals surface area contributed by atoms with Crippen molar-refractivity contribution in [3.63, 3.8) is 0 Å². The number of carboxylic acids is 1. The number of benzene rings is 1. The highest BCUT2D eigenvalue weighted by molar-refractivity contribution is 7.16. The fraction of sp³-hybridized carbons (Fsp3) is 0.0769. The molecule has 0 aliphatic rings. The maximum Gasteiger partial charge on any atom is 0.337 e. The maximum absolute atomic E-state index is 11.1. The summed E-state index contributed by atoms with van der Waals surface area (Å²) < 4.78 is 2.66. The van der Waals surface area contributed by atoms with Gasteiger partial charge in [0.1, 0.15) is 5.52 Å². The largest absolute Gasteiger partial charge is 0.478 e. The van der Waals surface area contributed by atoms with E-state index in [0.717, 1.165) is 14.7 Å². The smallest absolute Gasteiger partial charge is 0.337 e. The zero-order valence-corrected chi connectivity index (χ0v) is 11.3. The molecule has 0 saturated carbocycles. The molecule has 0 aliphatic carbocycles. The van der Waals surface area contributed by atoms with Crippen LogP contribution in [0.25, 0.3) is 11.0 Å². The molecule has 1 N–H and O–H groups in total. The number of hydrogen-bond acceptors (Lipinski definition) is 3. The van der Waals surface area contributed by atoms with Crippen molar-refractivity contribution in [2.24, 2.45) is 0 Å². The molecule has 1 aromatic carbocycles. The Labute approximate surface area is 117 Å². The number of hydrogen-bond donors (Lipinski definition) is 1. The average Bonchev–Trinajstić information content (AvgIpc) is 2.97. The molecule has 96 valence electrons. The van der Waals surface area contributed by atoms with Crippen LogP contribution in [0.1, 0.15) is 15.2 Å². The van der Waals surface area contributed by atoms with Crippen LogP contribution >= 0.6 is 22.9 Å². The van der Waals surface area contributed by atoms with Gasteiger partial charge >= 0.3 is 5.97 Å². The van der Waals surface area contributed by atoms with Crippen molar-refractivity contribution in [2.75, 3.05) is 0 Å². The summed E-state index contributed by atoms with van der Waals surface area (Å²) in [5.74, 6) is -0.963. The average molecular weight is 293 g/mol. The summed E-state index contributed by atoms with van der Waals surface area (Å²) in [6.45, 7) is 0.636. The van der Waals surface area contributed by atoms with Crippen LogP contribution in [0.15, 0.2) is 36.7 Å². The number of nitrogens with zero attached hydrogens (tertiary/aromatic N) is 2. The number of halogens is 1. The zero-order chi connectivity index (χ0) is 13.4. The van der Waals surface area contributed by atoms with Gasteiger partial charge in [-0.15, -0.1) is 11.3 Å². The van der Waals surface area contributed by atoms with E-state index in [1.54, 1.807) is 18.5 Å². The van der Waals surface area contributed by atoms with Gasteiger partial charge in [-0.2, -0.15) is 0 Å². The lowest BCUT2D eigenvalue weighted by atomic mass is 10.2. The summed E-state index contributed by atoms with van der Waals surface area (Å²) in [5.41, 5.74) is 1.54. The lowest BCUT2D eigenvalue weighted by Gasteiger charge is -2.02. The van der Waals surface area contributed by atoms with Crippen molar-refractivity contribution in [1.82, 2.24) is 9.55 Å². The van der Waals surface area contributed by atoms with Crippen LogP contribution in [0.5, 0.6) is 0 Å². The first-order valence-electron chi connectivity index (χ1n) is 5.56. The minimum absolute atomic E-state index is 0.223. The van der Waals surface area contributed by atoms with E-state index >= 15 is 0 Å². The standard InChI is InChI=1S/C13H9ClN2O2S/c14-11-5-4-8(19-11)6-16-7-15-12-9(13(17)18)2-1-3-10(12)16/h1-5,7H,6H2,(H,17,18). The molecule has 0 atom stereocenters. The van der Waals surface area contributed by atoms with Gasteiger partial charge in [0.05, 0.1) is 28.3 Å². The first kappa shape index (κ1) is 12.2. The molecule has 3 rings (SSSR count). The van der Waals surface area contributed by atoms with Gasteiger partial charge in [0.2, 0.25) is 0 Å². The molecule has 0 radical (unpaired) electrons. The van der Waals surface area contributed by atoms with Gasteiger partial charge in [-0.1, -0.05) is 17.7 Å². The highest BCUT2D eigenvalue weighted by Crippen LogP contribution is 2.24. The number of aromatic carboxylic acids is 1. The van der Waals surface area contributed by atoms with E-state index in [-0.39, 0.29) is 5.56 Å². The van der Waals surface area contributed by atoms with Gasteiger partial charge in [0.25, 0.3) is 0 Å². The van der Waals surface area contributed by atoms with E-state index in [1.807, 2.05) is 22.8 Å². The first-order valence-corrected chi connectivity index (χ1v) is 6.76. The fourth-order valence-electron chi connectivity index (χ4n) is 1.99. The molecule has 0 saturated heterocycles. The van der Waals surface area contributed by atoms with Crippen LogP contribution in [0, 0.1) is 0 Å². The van der Waals surface area contributed by atoms with E-state index in [0.29, 0.717) is 12.1 Å². The van der Waals surface area contributed by atoms with Crippen molar-refractivity contribution in [2.45, 2.75) is 6.54 Å². The molecule has 0 aliphatic heterocycles. The molecule has 0 spiro atoms. The number of imidazole rings is 1. The quantitative estimate of drug-likeness (QED) is 0.804. The third kappa shape index (κ3) is 2.22. The van der Waals surface area contributed by atoms with Crippen molar-refractivity contribution in [1.29, 1.82) is 0 Å². The van der Waals surface area contributed by atoms with Crippen LogP contribution in [0.4, 0.5) is 0 Å². The number of fused-ring (bicyclic) bond motifs is 1. The van der Waals surface area contributed by atoms with Crippen molar-refractivity contribution < 1.29 is 9.90 Å². The van der Waals surface area contributed by atoms with Crippen molar-refractivity contribution in [3.8, 4) is 0 Å². The predicted octanol–water partition coefficient (Wildman–Crippen LogP) is 3.50. The second kappa shape index (κ2) is 4.68. The number of carbonyl (C=O) groups is 1. The molecule has 0 fully saturated rings. The minimum atomic E-state index is -0.963. The molecular formula is C13H9ClN2O2S. The third-order valence-electron chi connectivity index (χ3n) is 2.84. The minimum Gasteiger partial charge on any atom is -0.478 e. The molecule has 2 heterocycles. The first-order chi connectivity index (χ1) is 9.15. The van der Waals surface area contributed by atoms with Gasteiger partial charge < -0.3 is 9.67 Å². The van der Waals surface area contributed by atoms with Crippen molar-refractivity contribution in [3.05, 3.63) is 51.4 Å². The summed E-state index contributed by atoms with van der Waals surface area (Å²) >= 11 is 7.41. The SMILES string of the molecule is O=C(O)c1cccc2c1ncn2Cc1ccc(Cl)s1. The molecule has 3 aromatic rings. The normalized spacial score (nSPS) is 11.0. The molecular weight excluding hydrogens is 284 g/mol. The number of rotatable bonds is 3. The highest BCUT2D eigenvalue weighted by atomic mass is 35.5. The Balaban J connectivity index is 2.06. The Morgan fingerprint density at radius 3 is 2.89 bits per heavy atom. The Hall–Kier alpha value is -1.85. The Bertz CT molecular complexity index is 763. The Morgan fingerprint density at radius 2 is 2.21 bits per heavy atom. The van der Waals surface area contributed by atoms with Crippen LogP contribution in [0.2, 0.25) is 4.34 Å². The zero-order valence-electron chi connectivity index (χ0n) is 9.71. The number of carboxylic acid groups (broad SMARTS) is 1. The van der Waals surface area contributed by atoms with Crippen LogP contribution in [0.3, 0.4) is 0 Å². The predicted molar refractivity (Wildman–Crippen MR) is 75.1 cm³/mol. The number of para-hydroxylation sites is 1. The number of aromatic nitrogens is 2. The molecule has 0 amide bonds. The van der Waals surface area contributed by atoms with E-state index in [1.165, 1.54) is 11.3 Å². The third-order valence-corrected chi connectivity index (χ3v) is 4.05. The highest BCUT2D eigenvalue weighted by Gasteiger charge is 2.12. The summed E-state index contributed by atoms with van der Waals surface area (Å²) in [7, 11) is 0. The van der Waals surface area contributed by atoms with Gasteiger partial charge in [0.15, 0.2) is 0 Å². The topological polar surface area (TPSA) is 55.1 Å². The van der Waals surface area contributed by atoms with E-state index in [9.17, 15) is 4.79 Å². The molecule has 6 heteroatoms. The molecule has 2 aromatic heterocycles. The van der Waals surface area contributed by atoms with Crippen LogP contribution in [-0.4, -0.2) is 20.6 Å². The molecule has 19 heavy (non-hydrogen) atoms. The van der Waals surface area contributed by atoms with Gasteiger partial charge in [-0.05, 0) is 24.3 Å². The van der Waals surface area contributed by atoms with E-state index in [2.05, 4.69) is 4.98 Å². The summed E-state index contributed by atoms with van der Waals surface area (Å²) in [6.07, 6.45) is 1.66. The van der Waals surface area contributed by atoms with Gasteiger partial charge in [0, 0.05) is 4.88 Å². The van der Waals surface area contributed by atoms with E-state index < -0.39 is 5.97 Å². The lowest BCUT2D eigenvalue weighted by Crippen LogP contribution is -1.99. The van der Waals surface area contributed by atoms with Gasteiger partial charge in [-0.3, -0.25) is 0 Å². The second-order valence-electron chi connectivity index (χ2n) is 4.06. The summed E-state index contributed by atoms with van der Waals surface area (Å²) in [5, 5.41) is 9.12. The van der Waals surface area contributed by atoms with Gasteiger partial charge in [-0.25, -0.2) is 9.78 Å². The Kier molecular flexibility index (Phi) is 3.00. The summed E-state index contributed by atoms with van der Waals surface area (Å²) in [6, 6.07) is 8.96.